The van der Waals surface area contributed by atoms with Crippen molar-refractivity contribution < 1.29 is 9.18 Å². The van der Waals surface area contributed by atoms with Crippen LogP contribution < -0.4 is 27.0 Å². The number of halogens is 2. The maximum absolute atomic E-state index is 14.4. The number of amides is 1. The van der Waals surface area contributed by atoms with Crippen LogP contribution in [0.4, 0.5) is 4.39 Å². The number of nitrogens with zero attached hydrogens (tertiary/aromatic N) is 1. The quantitative estimate of drug-likeness (QED) is 0.290. The van der Waals surface area contributed by atoms with Gasteiger partial charge in [0.1, 0.15) is 0 Å². The van der Waals surface area contributed by atoms with Crippen LogP contribution in [0, 0.1) is 17.8 Å². The van der Waals surface area contributed by atoms with E-state index in [1.807, 2.05) is 0 Å². The Bertz CT molecular complexity index is 733. The number of hydrogen-bond donors (Lipinski definition) is 5. The molecule has 0 radical (unpaired) electrons. The van der Waals surface area contributed by atoms with Crippen molar-refractivity contribution in [1.29, 1.82) is 0 Å². The summed E-state index contributed by atoms with van der Waals surface area (Å²) in [7, 11) is 0. The number of alkyl halides is 2. The van der Waals surface area contributed by atoms with Crippen LogP contribution >= 0.6 is 11.6 Å². The van der Waals surface area contributed by atoms with Crippen LogP contribution in [-0.4, -0.2) is 79.5 Å². The fourth-order valence-corrected chi connectivity index (χ4v) is 6.44. The smallest absolute Gasteiger partial charge is 0.257 e. The lowest BCUT2D eigenvalue weighted by Crippen LogP contribution is -2.68. The molecule has 7 unspecified atom stereocenters. The molecule has 0 spiro atoms. The van der Waals surface area contributed by atoms with Gasteiger partial charge in [0.15, 0.2) is 5.67 Å². The fraction of sp³-hybridized carbons (Fsp3) is 0.870. The molecule has 0 aromatic carbocycles. The average Bonchev–Trinajstić information content (AvgIpc) is 3.21. The van der Waals surface area contributed by atoms with E-state index in [2.05, 4.69) is 32.2 Å². The van der Waals surface area contributed by atoms with Gasteiger partial charge in [0.2, 0.25) is 0 Å². The molecule has 3 aliphatic heterocycles. The molecule has 5 rings (SSSR count). The first kappa shape index (κ1) is 23.0. The molecule has 7 atom stereocenters. The standard InChI is InChI=1S/C23H38ClFN6O/c24-16-1-2-17(19(9-16)29-22(32)23(25)5-6-23)20-28-12-18(15-3-7-27-11-15)21(30-20)31-8-4-14(10-26)13-31/h3,14,16-21,27-28,30H,1-2,4-13,26H2,(H,29,32). The minimum absolute atomic E-state index is 0.0251. The number of hydrogen-bond acceptors (Lipinski definition) is 6. The second-order valence-electron chi connectivity index (χ2n) is 10.5. The summed E-state index contributed by atoms with van der Waals surface area (Å²) in [5.74, 6) is 0.689. The molecule has 180 valence electrons. The van der Waals surface area contributed by atoms with Crippen LogP contribution in [0.3, 0.4) is 0 Å². The van der Waals surface area contributed by atoms with Gasteiger partial charge in [0.05, 0.1) is 12.3 Å². The van der Waals surface area contributed by atoms with Crippen molar-refractivity contribution in [2.45, 2.75) is 67.9 Å². The normalized spacial score (nSPS) is 42.0. The van der Waals surface area contributed by atoms with Crippen molar-refractivity contribution in [1.82, 2.24) is 26.2 Å². The van der Waals surface area contributed by atoms with Crippen molar-refractivity contribution in [2.24, 2.45) is 23.5 Å². The van der Waals surface area contributed by atoms with Crippen molar-refractivity contribution in [3.63, 3.8) is 0 Å². The van der Waals surface area contributed by atoms with Gasteiger partial charge in [-0.3, -0.25) is 15.0 Å². The van der Waals surface area contributed by atoms with Gasteiger partial charge in [-0.2, -0.15) is 0 Å². The van der Waals surface area contributed by atoms with Gasteiger partial charge in [-0.25, -0.2) is 4.39 Å². The van der Waals surface area contributed by atoms with E-state index in [0.717, 1.165) is 58.5 Å². The number of likely N-dealkylation sites (tertiary alicyclic amines) is 1. The van der Waals surface area contributed by atoms with E-state index in [1.165, 1.54) is 5.57 Å². The molecule has 0 aromatic heterocycles. The monoisotopic (exact) mass is 468 g/mol. The Morgan fingerprint density at radius 1 is 1.34 bits per heavy atom. The Balaban J connectivity index is 1.31. The summed E-state index contributed by atoms with van der Waals surface area (Å²) < 4.78 is 14.4. The summed E-state index contributed by atoms with van der Waals surface area (Å²) in [6, 6.07) is -0.114. The lowest BCUT2D eigenvalue weighted by Gasteiger charge is -2.48. The summed E-state index contributed by atoms with van der Waals surface area (Å²) >= 11 is 6.48. The molecule has 2 saturated heterocycles. The highest BCUT2D eigenvalue weighted by Crippen LogP contribution is 2.41. The molecule has 3 heterocycles. The topological polar surface area (TPSA) is 94.5 Å². The van der Waals surface area contributed by atoms with Gasteiger partial charge in [0.25, 0.3) is 5.91 Å². The summed E-state index contributed by atoms with van der Waals surface area (Å²) in [5.41, 5.74) is 5.79. The van der Waals surface area contributed by atoms with Gasteiger partial charge < -0.3 is 21.7 Å². The summed E-state index contributed by atoms with van der Waals surface area (Å²) in [6.45, 7) is 5.59. The van der Waals surface area contributed by atoms with Crippen molar-refractivity contribution in [2.75, 3.05) is 39.3 Å². The molecule has 0 bridgehead atoms. The van der Waals surface area contributed by atoms with Crippen LogP contribution in [0.2, 0.25) is 0 Å². The van der Waals surface area contributed by atoms with E-state index in [4.69, 9.17) is 17.3 Å². The lowest BCUT2D eigenvalue weighted by atomic mass is 9.80. The Hall–Kier alpha value is -0.770. The van der Waals surface area contributed by atoms with E-state index >= 15 is 0 Å². The molecule has 2 aliphatic carbocycles. The van der Waals surface area contributed by atoms with Crippen LogP contribution in [0.1, 0.15) is 38.5 Å². The van der Waals surface area contributed by atoms with E-state index in [9.17, 15) is 9.18 Å². The highest BCUT2D eigenvalue weighted by molar-refractivity contribution is 6.20. The van der Waals surface area contributed by atoms with Gasteiger partial charge >= 0.3 is 0 Å². The second-order valence-corrected chi connectivity index (χ2v) is 11.1. The number of nitrogens with one attached hydrogen (secondary N) is 4. The molecule has 4 fully saturated rings. The average molecular weight is 469 g/mol. The van der Waals surface area contributed by atoms with Crippen molar-refractivity contribution >= 4 is 17.5 Å². The molecule has 2 saturated carbocycles. The maximum Gasteiger partial charge on any atom is 0.257 e. The SMILES string of the molecule is NCC1CCN(C2NC(C3CCC(Cl)CC3NC(=O)C3(F)CC3)NCC2C2=CCNC2)C1. The number of nitrogens with two attached hydrogens (primary N) is 1. The highest BCUT2D eigenvalue weighted by Gasteiger charge is 2.52. The summed E-state index contributed by atoms with van der Waals surface area (Å²) in [5, 5.41) is 14.2. The molecule has 7 nitrogen and oxygen atoms in total. The fourth-order valence-electron chi connectivity index (χ4n) is 6.12. The molecule has 0 aromatic rings. The van der Waals surface area contributed by atoms with Crippen LogP contribution in [0.5, 0.6) is 0 Å². The van der Waals surface area contributed by atoms with Gasteiger partial charge in [0, 0.05) is 56.0 Å². The van der Waals surface area contributed by atoms with Crippen molar-refractivity contribution in [3.8, 4) is 0 Å². The van der Waals surface area contributed by atoms with Crippen molar-refractivity contribution in [3.05, 3.63) is 11.6 Å². The third-order valence-corrected chi connectivity index (χ3v) is 8.72. The van der Waals surface area contributed by atoms with E-state index in [-0.39, 0.29) is 29.7 Å². The Morgan fingerprint density at radius 3 is 2.88 bits per heavy atom. The first-order valence-electron chi connectivity index (χ1n) is 12.4. The number of carbonyl (C=O) groups is 1. The van der Waals surface area contributed by atoms with Crippen LogP contribution in [0.15, 0.2) is 11.6 Å². The predicted octanol–water partition coefficient (Wildman–Crippen LogP) is 0.652. The zero-order chi connectivity index (χ0) is 22.3. The summed E-state index contributed by atoms with van der Waals surface area (Å²) in [4.78, 5) is 15.1. The predicted molar refractivity (Wildman–Crippen MR) is 124 cm³/mol. The molecule has 1 amide bonds. The first-order valence-corrected chi connectivity index (χ1v) is 12.9. The third-order valence-electron chi connectivity index (χ3n) is 8.33. The minimum atomic E-state index is -1.65. The van der Waals surface area contributed by atoms with Gasteiger partial charge in [-0.05, 0) is 51.0 Å². The van der Waals surface area contributed by atoms with Gasteiger partial charge in [-0.15, -0.1) is 11.6 Å². The van der Waals surface area contributed by atoms with E-state index in [1.54, 1.807) is 0 Å². The number of carbonyl (C=O) groups excluding carboxylic acids is 1. The van der Waals surface area contributed by atoms with E-state index in [0.29, 0.717) is 31.1 Å². The molecule has 6 N–H and O–H groups in total. The molecule has 32 heavy (non-hydrogen) atoms. The second kappa shape index (κ2) is 9.47. The first-order chi connectivity index (χ1) is 15.5. The Kier molecular flexibility index (Phi) is 6.80. The van der Waals surface area contributed by atoms with E-state index < -0.39 is 11.6 Å². The molecular formula is C23H38ClFN6O. The Morgan fingerprint density at radius 2 is 2.19 bits per heavy atom. The molecule has 9 heteroatoms. The van der Waals surface area contributed by atoms with Gasteiger partial charge in [-0.1, -0.05) is 11.6 Å². The van der Waals surface area contributed by atoms with Crippen LogP contribution in [-0.2, 0) is 4.79 Å². The zero-order valence-electron chi connectivity index (χ0n) is 18.8. The minimum Gasteiger partial charge on any atom is -0.350 e. The Labute approximate surface area is 195 Å². The highest BCUT2D eigenvalue weighted by atomic mass is 35.5. The zero-order valence-corrected chi connectivity index (χ0v) is 19.5. The lowest BCUT2D eigenvalue weighted by molar-refractivity contribution is -0.129. The van der Waals surface area contributed by atoms with Crippen LogP contribution in [0.25, 0.3) is 0 Å². The molecule has 5 aliphatic rings. The largest absolute Gasteiger partial charge is 0.350 e. The molecular weight excluding hydrogens is 431 g/mol. The maximum atomic E-state index is 14.4. The number of rotatable bonds is 6. The summed E-state index contributed by atoms with van der Waals surface area (Å²) in [6.07, 6.45) is 6.97. The third kappa shape index (κ3) is 4.72.